The third-order valence-electron chi connectivity index (χ3n) is 11.6. The Kier molecular flexibility index (Phi) is 8.44. The maximum atomic E-state index is 12.5. The molecule has 4 rings (SSSR count). The van der Waals surface area contributed by atoms with E-state index in [4.69, 9.17) is 4.74 Å². The number of hydrogen-bond acceptors (Lipinski definition) is 2. The molecular weight excluding hydrogens is 440 g/mol. The molecule has 3 saturated carbocycles. The second kappa shape index (κ2) is 10.8. The zero-order valence-corrected chi connectivity index (χ0v) is 25.1. The zero-order chi connectivity index (χ0) is 26.3. The predicted molar refractivity (Wildman–Crippen MR) is 152 cm³/mol. The van der Waals surface area contributed by atoms with E-state index in [1.54, 1.807) is 5.57 Å². The first-order valence-electron chi connectivity index (χ1n) is 15.7. The lowest BCUT2D eigenvalue weighted by atomic mass is 9.47. The molecule has 0 aromatic carbocycles. The van der Waals surface area contributed by atoms with Crippen molar-refractivity contribution < 1.29 is 9.53 Å². The van der Waals surface area contributed by atoms with E-state index >= 15 is 0 Å². The molecule has 2 heteroatoms. The summed E-state index contributed by atoms with van der Waals surface area (Å²) in [6.45, 7) is 19.2. The van der Waals surface area contributed by atoms with Crippen LogP contribution in [-0.2, 0) is 9.53 Å². The highest BCUT2D eigenvalue weighted by molar-refractivity contribution is 5.69. The fourth-order valence-corrected chi connectivity index (χ4v) is 9.47. The Morgan fingerprint density at radius 2 is 1.78 bits per heavy atom. The van der Waals surface area contributed by atoms with Crippen molar-refractivity contribution in [3.8, 4) is 0 Å². The maximum Gasteiger partial charge on any atom is 0.306 e. The molecule has 0 radical (unpaired) electrons. The fraction of sp³-hybridized carbons (Fsp3) is 0.912. The molecule has 4 aliphatic rings. The summed E-state index contributed by atoms with van der Waals surface area (Å²) in [5, 5.41) is 0. The molecule has 0 aromatic rings. The van der Waals surface area contributed by atoms with Gasteiger partial charge in [0, 0.05) is 12.8 Å². The Labute approximate surface area is 223 Å². The second-order valence-electron chi connectivity index (χ2n) is 15.7. The van der Waals surface area contributed by atoms with Crippen LogP contribution in [0.3, 0.4) is 0 Å². The summed E-state index contributed by atoms with van der Waals surface area (Å²) >= 11 is 0. The molecule has 0 saturated heterocycles. The molecule has 0 heterocycles. The van der Waals surface area contributed by atoms with Crippen LogP contribution >= 0.6 is 0 Å². The van der Waals surface area contributed by atoms with Crippen molar-refractivity contribution in [3.05, 3.63) is 11.6 Å². The number of rotatable bonds is 8. The summed E-state index contributed by atoms with van der Waals surface area (Å²) in [4.78, 5) is 12.5. The fourth-order valence-electron chi connectivity index (χ4n) is 9.47. The number of ether oxygens (including phenoxy) is 1. The van der Waals surface area contributed by atoms with Crippen molar-refractivity contribution in [2.24, 2.45) is 51.8 Å². The molecule has 4 aliphatic carbocycles. The molecule has 5 unspecified atom stereocenters. The molecule has 2 nitrogen and oxygen atoms in total. The SMILES string of the molecule is CC(C)CCCC(C)C1CCC2C3CC=C4C[C@@H](OC(=O)CCC(C)(C)C)CC[C@]4(C)C3CC[C@]12C. The van der Waals surface area contributed by atoms with Crippen molar-refractivity contribution in [1.29, 1.82) is 0 Å². The average molecular weight is 499 g/mol. The van der Waals surface area contributed by atoms with E-state index in [0.717, 1.165) is 54.8 Å². The Bertz CT molecular complexity index is 802. The molecule has 3 fully saturated rings. The zero-order valence-electron chi connectivity index (χ0n) is 25.1. The molecule has 8 atom stereocenters. The number of carbonyl (C=O) groups is 1. The van der Waals surface area contributed by atoms with Gasteiger partial charge in [-0.05, 0) is 103 Å². The van der Waals surface area contributed by atoms with Crippen LogP contribution in [0.2, 0.25) is 0 Å². The van der Waals surface area contributed by atoms with Gasteiger partial charge in [0.1, 0.15) is 6.10 Å². The minimum absolute atomic E-state index is 0.0146. The van der Waals surface area contributed by atoms with Gasteiger partial charge in [0.05, 0.1) is 0 Å². The van der Waals surface area contributed by atoms with Crippen molar-refractivity contribution in [3.63, 3.8) is 0 Å². The number of fused-ring (bicyclic) bond motifs is 5. The number of hydrogen-bond donors (Lipinski definition) is 0. The van der Waals surface area contributed by atoms with Crippen LogP contribution < -0.4 is 0 Å². The van der Waals surface area contributed by atoms with Crippen LogP contribution in [0.1, 0.15) is 139 Å². The molecule has 206 valence electrons. The topological polar surface area (TPSA) is 26.3 Å². The van der Waals surface area contributed by atoms with E-state index in [-0.39, 0.29) is 17.5 Å². The van der Waals surface area contributed by atoms with Crippen molar-refractivity contribution in [1.82, 2.24) is 0 Å². The van der Waals surface area contributed by atoms with Gasteiger partial charge in [-0.2, -0.15) is 0 Å². The first-order chi connectivity index (χ1) is 16.8. The first-order valence-corrected chi connectivity index (χ1v) is 15.7. The highest BCUT2D eigenvalue weighted by Gasteiger charge is 2.59. The number of carbonyl (C=O) groups excluding carboxylic acids is 1. The lowest BCUT2D eigenvalue weighted by Crippen LogP contribution is -2.51. The highest BCUT2D eigenvalue weighted by atomic mass is 16.5. The third-order valence-corrected chi connectivity index (χ3v) is 11.6. The lowest BCUT2D eigenvalue weighted by Gasteiger charge is -2.58. The molecule has 0 amide bonds. The molecule has 36 heavy (non-hydrogen) atoms. The third kappa shape index (κ3) is 5.78. The van der Waals surface area contributed by atoms with Crippen LogP contribution in [-0.4, -0.2) is 12.1 Å². The summed E-state index contributed by atoms with van der Waals surface area (Å²) in [5.74, 6) is 5.28. The van der Waals surface area contributed by atoms with Crippen molar-refractivity contribution >= 4 is 5.97 Å². The molecule has 0 bridgehead atoms. The second-order valence-corrected chi connectivity index (χ2v) is 15.7. The van der Waals surface area contributed by atoms with Gasteiger partial charge in [-0.1, -0.05) is 86.3 Å². The Morgan fingerprint density at radius 1 is 1.03 bits per heavy atom. The summed E-state index contributed by atoms with van der Waals surface area (Å²) in [5.41, 5.74) is 2.70. The standard InChI is InChI=1S/C34H58O2/c1-23(2)10-9-11-24(3)28-14-15-29-27-13-12-25-22-26(36-31(35)18-19-32(4,5)6)16-20-33(25,7)30(27)17-21-34(28,29)8/h12,23-24,26-30H,9-11,13-22H2,1-8H3/t24?,26-,27?,28?,29?,30?,33-,34+/m0/s1. The highest BCUT2D eigenvalue weighted by Crippen LogP contribution is 2.67. The van der Waals surface area contributed by atoms with Gasteiger partial charge in [0.25, 0.3) is 0 Å². The van der Waals surface area contributed by atoms with E-state index in [1.165, 1.54) is 57.8 Å². The number of allylic oxidation sites excluding steroid dienone is 1. The van der Waals surface area contributed by atoms with E-state index in [2.05, 4.69) is 61.5 Å². The van der Waals surface area contributed by atoms with Gasteiger partial charge in [-0.25, -0.2) is 0 Å². The molecule has 0 aromatic heterocycles. The largest absolute Gasteiger partial charge is 0.462 e. The van der Waals surface area contributed by atoms with Crippen LogP contribution in [0.25, 0.3) is 0 Å². The van der Waals surface area contributed by atoms with Gasteiger partial charge in [0.15, 0.2) is 0 Å². The van der Waals surface area contributed by atoms with E-state index in [0.29, 0.717) is 17.3 Å². The minimum atomic E-state index is 0.0146. The summed E-state index contributed by atoms with van der Waals surface area (Å²) in [6.07, 6.45) is 18.7. The van der Waals surface area contributed by atoms with E-state index in [9.17, 15) is 4.79 Å². The Hall–Kier alpha value is -0.790. The Morgan fingerprint density at radius 3 is 2.47 bits per heavy atom. The minimum Gasteiger partial charge on any atom is -0.462 e. The van der Waals surface area contributed by atoms with Crippen LogP contribution in [0, 0.1) is 51.8 Å². The smallest absolute Gasteiger partial charge is 0.306 e. The molecule has 0 spiro atoms. The Balaban J connectivity index is 1.39. The van der Waals surface area contributed by atoms with Crippen molar-refractivity contribution in [2.45, 2.75) is 145 Å². The van der Waals surface area contributed by atoms with Crippen LogP contribution in [0.5, 0.6) is 0 Å². The maximum absolute atomic E-state index is 12.5. The summed E-state index contributed by atoms with van der Waals surface area (Å²) in [6, 6.07) is 0. The monoisotopic (exact) mass is 498 g/mol. The molecule has 0 aliphatic heterocycles. The summed E-state index contributed by atoms with van der Waals surface area (Å²) in [7, 11) is 0. The lowest BCUT2D eigenvalue weighted by molar-refractivity contribution is -0.152. The quantitative estimate of drug-likeness (QED) is 0.246. The van der Waals surface area contributed by atoms with Crippen LogP contribution in [0.15, 0.2) is 11.6 Å². The first kappa shape index (κ1) is 28.2. The van der Waals surface area contributed by atoms with Crippen molar-refractivity contribution in [2.75, 3.05) is 0 Å². The van der Waals surface area contributed by atoms with Gasteiger partial charge in [-0.3, -0.25) is 4.79 Å². The van der Waals surface area contributed by atoms with Gasteiger partial charge in [-0.15, -0.1) is 0 Å². The van der Waals surface area contributed by atoms with Gasteiger partial charge >= 0.3 is 5.97 Å². The summed E-state index contributed by atoms with van der Waals surface area (Å²) < 4.78 is 6.01. The number of esters is 1. The molecule has 0 N–H and O–H groups in total. The molecular formula is C34H58O2. The van der Waals surface area contributed by atoms with E-state index < -0.39 is 0 Å². The predicted octanol–water partition coefficient (Wildman–Crippen LogP) is 9.77. The van der Waals surface area contributed by atoms with Gasteiger partial charge < -0.3 is 4.74 Å². The average Bonchev–Trinajstić information content (AvgIpc) is 3.14. The normalized spacial score (nSPS) is 39.1. The van der Waals surface area contributed by atoms with E-state index in [1.807, 2.05) is 0 Å². The van der Waals surface area contributed by atoms with Crippen LogP contribution in [0.4, 0.5) is 0 Å². The van der Waals surface area contributed by atoms with Gasteiger partial charge in [0.2, 0.25) is 0 Å².